The standard InChI is InChI=1S/C14H27N5O3.ClH/c1-3-16-14(22)18-12(20)10(2)19-8-4-5-11(9-19)13(21)17-7-6-15;/h10-11H,3-9,15H2,1-2H3,(H,17,21)(H2,16,18,20,22);1H. The lowest BCUT2D eigenvalue weighted by atomic mass is 9.96. The maximum Gasteiger partial charge on any atom is 0.321 e. The first-order chi connectivity index (χ1) is 10.5. The lowest BCUT2D eigenvalue weighted by Crippen LogP contribution is -2.53. The zero-order chi connectivity index (χ0) is 16.5. The van der Waals surface area contributed by atoms with Gasteiger partial charge in [0.1, 0.15) is 0 Å². The quantitative estimate of drug-likeness (QED) is 0.512. The van der Waals surface area contributed by atoms with Crippen LogP contribution in [-0.4, -0.2) is 61.5 Å². The van der Waals surface area contributed by atoms with Gasteiger partial charge in [-0.15, -0.1) is 12.4 Å². The minimum absolute atomic E-state index is 0. The smallest absolute Gasteiger partial charge is 0.321 e. The van der Waals surface area contributed by atoms with Crippen molar-refractivity contribution >= 4 is 30.3 Å². The van der Waals surface area contributed by atoms with E-state index in [-0.39, 0.29) is 30.1 Å². The van der Waals surface area contributed by atoms with E-state index in [0.717, 1.165) is 19.4 Å². The number of piperidine rings is 1. The largest absolute Gasteiger partial charge is 0.355 e. The predicted octanol–water partition coefficient (Wildman–Crippen LogP) is -0.571. The van der Waals surface area contributed by atoms with E-state index in [1.807, 2.05) is 4.90 Å². The molecule has 4 amide bonds. The number of carbonyl (C=O) groups is 3. The number of rotatable bonds is 6. The molecule has 0 aromatic heterocycles. The van der Waals surface area contributed by atoms with Gasteiger partial charge in [-0.3, -0.25) is 19.8 Å². The summed E-state index contributed by atoms with van der Waals surface area (Å²) in [6, 6.07) is -0.943. The monoisotopic (exact) mass is 349 g/mol. The highest BCUT2D eigenvalue weighted by molar-refractivity contribution is 5.96. The number of amides is 4. The van der Waals surface area contributed by atoms with Crippen LogP contribution in [0, 0.1) is 5.92 Å². The molecule has 0 radical (unpaired) electrons. The number of hydrogen-bond acceptors (Lipinski definition) is 5. The maximum absolute atomic E-state index is 12.0. The van der Waals surface area contributed by atoms with E-state index in [4.69, 9.17) is 5.73 Å². The molecule has 0 aliphatic carbocycles. The number of urea groups is 1. The first kappa shape index (κ1) is 21.6. The van der Waals surface area contributed by atoms with Gasteiger partial charge in [-0.1, -0.05) is 0 Å². The molecular formula is C14H28ClN5O3. The topological polar surface area (TPSA) is 117 Å². The normalized spacial score (nSPS) is 19.2. The van der Waals surface area contributed by atoms with Gasteiger partial charge in [0.05, 0.1) is 12.0 Å². The second-order valence-corrected chi connectivity index (χ2v) is 5.44. The maximum atomic E-state index is 12.0. The lowest BCUT2D eigenvalue weighted by Gasteiger charge is -2.35. The van der Waals surface area contributed by atoms with Gasteiger partial charge in [-0.25, -0.2) is 4.79 Å². The van der Waals surface area contributed by atoms with Gasteiger partial charge in [-0.05, 0) is 33.2 Å². The van der Waals surface area contributed by atoms with Gasteiger partial charge in [0.2, 0.25) is 11.8 Å². The lowest BCUT2D eigenvalue weighted by molar-refractivity contribution is -0.130. The zero-order valence-corrected chi connectivity index (χ0v) is 14.6. The van der Waals surface area contributed by atoms with E-state index < -0.39 is 12.1 Å². The van der Waals surface area contributed by atoms with Crippen molar-refractivity contribution in [3.63, 3.8) is 0 Å². The Morgan fingerprint density at radius 3 is 2.61 bits per heavy atom. The first-order valence-corrected chi connectivity index (χ1v) is 7.80. The molecule has 1 rings (SSSR count). The summed E-state index contributed by atoms with van der Waals surface area (Å²) < 4.78 is 0. The Labute approximate surface area is 143 Å². The molecule has 134 valence electrons. The summed E-state index contributed by atoms with van der Waals surface area (Å²) in [5.41, 5.74) is 5.38. The Morgan fingerprint density at radius 2 is 2.00 bits per heavy atom. The molecule has 0 spiro atoms. The Balaban J connectivity index is 0.00000484. The van der Waals surface area contributed by atoms with Crippen molar-refractivity contribution in [3.05, 3.63) is 0 Å². The van der Waals surface area contributed by atoms with E-state index in [1.165, 1.54) is 0 Å². The van der Waals surface area contributed by atoms with E-state index >= 15 is 0 Å². The van der Waals surface area contributed by atoms with Crippen molar-refractivity contribution in [2.45, 2.75) is 32.7 Å². The second-order valence-electron chi connectivity index (χ2n) is 5.44. The van der Waals surface area contributed by atoms with E-state index in [2.05, 4.69) is 16.0 Å². The molecule has 2 unspecified atom stereocenters. The molecule has 0 aromatic carbocycles. The van der Waals surface area contributed by atoms with Crippen molar-refractivity contribution in [1.29, 1.82) is 0 Å². The number of nitrogens with zero attached hydrogens (tertiary/aromatic N) is 1. The van der Waals surface area contributed by atoms with Crippen molar-refractivity contribution in [2.24, 2.45) is 11.7 Å². The molecule has 1 aliphatic heterocycles. The van der Waals surface area contributed by atoms with Crippen molar-refractivity contribution in [2.75, 3.05) is 32.7 Å². The molecular weight excluding hydrogens is 322 g/mol. The summed E-state index contributed by atoms with van der Waals surface area (Å²) in [4.78, 5) is 37.4. The molecule has 9 heteroatoms. The zero-order valence-electron chi connectivity index (χ0n) is 13.8. The average molecular weight is 350 g/mol. The molecule has 2 atom stereocenters. The molecule has 1 heterocycles. The van der Waals surface area contributed by atoms with Gasteiger partial charge in [-0.2, -0.15) is 0 Å². The number of halogens is 1. The van der Waals surface area contributed by atoms with E-state index in [0.29, 0.717) is 26.2 Å². The van der Waals surface area contributed by atoms with E-state index in [1.54, 1.807) is 13.8 Å². The minimum Gasteiger partial charge on any atom is -0.355 e. The van der Waals surface area contributed by atoms with Gasteiger partial charge < -0.3 is 16.4 Å². The van der Waals surface area contributed by atoms with Crippen LogP contribution in [0.25, 0.3) is 0 Å². The summed E-state index contributed by atoms with van der Waals surface area (Å²) >= 11 is 0. The SMILES string of the molecule is CCNC(=O)NC(=O)C(C)N1CCCC(C(=O)NCCN)C1.Cl. The Morgan fingerprint density at radius 1 is 1.30 bits per heavy atom. The molecule has 1 aliphatic rings. The van der Waals surface area contributed by atoms with Crippen LogP contribution in [0.5, 0.6) is 0 Å². The molecule has 0 aromatic rings. The van der Waals surface area contributed by atoms with E-state index in [9.17, 15) is 14.4 Å². The molecule has 8 nitrogen and oxygen atoms in total. The minimum atomic E-state index is -0.492. The number of imide groups is 1. The fourth-order valence-electron chi connectivity index (χ4n) is 2.50. The number of hydrogen-bond donors (Lipinski definition) is 4. The third-order valence-electron chi connectivity index (χ3n) is 3.77. The summed E-state index contributed by atoms with van der Waals surface area (Å²) in [5, 5.41) is 7.61. The van der Waals surface area contributed by atoms with Crippen LogP contribution in [0.3, 0.4) is 0 Å². The van der Waals surface area contributed by atoms with Crippen molar-refractivity contribution < 1.29 is 14.4 Å². The number of nitrogens with one attached hydrogen (secondary N) is 3. The van der Waals surface area contributed by atoms with Crippen LogP contribution in [-0.2, 0) is 9.59 Å². The van der Waals surface area contributed by atoms with Gasteiger partial charge >= 0.3 is 6.03 Å². The van der Waals surface area contributed by atoms with Crippen molar-refractivity contribution in [3.8, 4) is 0 Å². The molecule has 1 saturated heterocycles. The number of nitrogens with two attached hydrogens (primary N) is 1. The highest BCUT2D eigenvalue weighted by Gasteiger charge is 2.31. The van der Waals surface area contributed by atoms with Crippen LogP contribution in [0.4, 0.5) is 4.79 Å². The highest BCUT2D eigenvalue weighted by atomic mass is 35.5. The summed E-state index contributed by atoms with van der Waals surface area (Å²) in [6.45, 7) is 6.11. The van der Waals surface area contributed by atoms with Crippen LogP contribution >= 0.6 is 12.4 Å². The van der Waals surface area contributed by atoms with Gasteiger partial charge in [0.15, 0.2) is 0 Å². The average Bonchev–Trinajstić information content (AvgIpc) is 2.52. The predicted molar refractivity (Wildman–Crippen MR) is 90.3 cm³/mol. The van der Waals surface area contributed by atoms with Gasteiger partial charge in [0.25, 0.3) is 0 Å². The van der Waals surface area contributed by atoms with Crippen LogP contribution in [0.2, 0.25) is 0 Å². The Kier molecular flexibility index (Phi) is 10.5. The fraction of sp³-hybridized carbons (Fsp3) is 0.786. The van der Waals surface area contributed by atoms with Crippen LogP contribution in [0.1, 0.15) is 26.7 Å². The third kappa shape index (κ3) is 7.15. The first-order valence-electron chi connectivity index (χ1n) is 7.80. The molecule has 5 N–H and O–H groups in total. The molecule has 1 fully saturated rings. The van der Waals surface area contributed by atoms with Crippen LogP contribution in [0.15, 0.2) is 0 Å². The molecule has 23 heavy (non-hydrogen) atoms. The molecule has 0 saturated carbocycles. The third-order valence-corrected chi connectivity index (χ3v) is 3.77. The van der Waals surface area contributed by atoms with Crippen LogP contribution < -0.4 is 21.7 Å². The number of likely N-dealkylation sites (tertiary alicyclic amines) is 1. The summed E-state index contributed by atoms with van der Waals surface area (Å²) in [6.07, 6.45) is 1.65. The molecule has 0 bridgehead atoms. The Hall–Kier alpha value is -1.38. The summed E-state index contributed by atoms with van der Waals surface area (Å²) in [7, 11) is 0. The highest BCUT2D eigenvalue weighted by Crippen LogP contribution is 2.18. The number of carbonyl (C=O) groups excluding carboxylic acids is 3. The van der Waals surface area contributed by atoms with Gasteiger partial charge in [0, 0.05) is 26.2 Å². The summed E-state index contributed by atoms with van der Waals surface area (Å²) in [5.74, 6) is -0.513. The van der Waals surface area contributed by atoms with Crippen molar-refractivity contribution in [1.82, 2.24) is 20.9 Å². The fourth-order valence-corrected chi connectivity index (χ4v) is 2.50. The second kappa shape index (κ2) is 11.2. The Bertz CT molecular complexity index is 408.